The molecule has 3 N–H and O–H groups in total. The van der Waals surface area contributed by atoms with Crippen LogP contribution in [0.4, 0.5) is 0 Å². The lowest BCUT2D eigenvalue weighted by Crippen LogP contribution is -2.30. The van der Waals surface area contributed by atoms with Gasteiger partial charge in [-0.3, -0.25) is 14.8 Å². The number of amides is 1. The van der Waals surface area contributed by atoms with Crippen molar-refractivity contribution in [2.75, 3.05) is 0 Å². The third-order valence-electron chi connectivity index (χ3n) is 2.73. The summed E-state index contributed by atoms with van der Waals surface area (Å²) in [5, 5.41) is 1.97. The molecule has 0 aliphatic rings. The van der Waals surface area contributed by atoms with Crippen molar-refractivity contribution in [2.24, 2.45) is 5.84 Å². The highest BCUT2D eigenvalue weighted by molar-refractivity contribution is 9.10. The van der Waals surface area contributed by atoms with Gasteiger partial charge in [0, 0.05) is 11.1 Å². The molecular formula is C11H12BrN5O2S. The minimum atomic E-state index is -0.450. The second-order valence-corrected chi connectivity index (χ2v) is 5.73. The maximum Gasteiger partial charge on any atom is 0.348 e. The van der Waals surface area contributed by atoms with Gasteiger partial charge in [-0.25, -0.2) is 15.6 Å². The van der Waals surface area contributed by atoms with Crippen LogP contribution in [-0.4, -0.2) is 20.4 Å². The van der Waals surface area contributed by atoms with Crippen molar-refractivity contribution >= 4 is 33.2 Å². The second-order valence-electron chi connectivity index (χ2n) is 4.08. The van der Waals surface area contributed by atoms with Crippen LogP contribution in [0.15, 0.2) is 14.6 Å². The Bertz CT molecular complexity index is 724. The van der Waals surface area contributed by atoms with Gasteiger partial charge in [-0.05, 0) is 29.8 Å². The summed E-state index contributed by atoms with van der Waals surface area (Å²) >= 11 is 4.57. The Morgan fingerprint density at radius 1 is 1.50 bits per heavy atom. The van der Waals surface area contributed by atoms with E-state index in [1.165, 1.54) is 15.9 Å². The number of halogens is 1. The van der Waals surface area contributed by atoms with Crippen molar-refractivity contribution in [1.82, 2.24) is 20.0 Å². The third-order valence-corrected chi connectivity index (χ3v) is 4.77. The van der Waals surface area contributed by atoms with Crippen molar-refractivity contribution in [3.63, 3.8) is 0 Å². The number of aryl methyl sites for hydroxylation is 1. The van der Waals surface area contributed by atoms with Crippen LogP contribution in [0.1, 0.15) is 26.9 Å². The lowest BCUT2D eigenvalue weighted by atomic mass is 10.3. The molecule has 0 spiro atoms. The molecule has 0 unspecified atom stereocenters. The van der Waals surface area contributed by atoms with Gasteiger partial charge >= 0.3 is 5.69 Å². The fraction of sp³-hybridized carbons (Fsp3) is 0.273. The van der Waals surface area contributed by atoms with Crippen molar-refractivity contribution < 1.29 is 4.79 Å². The molecule has 106 valence electrons. The predicted molar refractivity (Wildman–Crippen MR) is 78.5 cm³/mol. The number of nitrogens with zero attached hydrogens (tertiary/aromatic N) is 3. The van der Waals surface area contributed by atoms with Gasteiger partial charge in [0.25, 0.3) is 5.91 Å². The summed E-state index contributed by atoms with van der Waals surface area (Å²) in [6.07, 6.45) is 0. The standard InChI is InChI=1S/C11H12BrN5O2S/c1-5-8(12)6(2)17(11(19)14-5)3-7-4-20-10(15-7)9(18)16-13/h4H,3,13H2,1-2H3,(H,16,18). The lowest BCUT2D eigenvalue weighted by Gasteiger charge is -2.10. The Balaban J connectivity index is 2.36. The Morgan fingerprint density at radius 2 is 2.20 bits per heavy atom. The molecule has 9 heteroatoms. The number of carbonyl (C=O) groups is 1. The number of hydrogen-bond donors (Lipinski definition) is 2. The van der Waals surface area contributed by atoms with Crippen molar-refractivity contribution in [1.29, 1.82) is 0 Å². The normalized spacial score (nSPS) is 10.6. The molecule has 2 aromatic heterocycles. The van der Waals surface area contributed by atoms with Crippen LogP contribution in [0.25, 0.3) is 0 Å². The van der Waals surface area contributed by atoms with Gasteiger partial charge in [-0.2, -0.15) is 4.98 Å². The van der Waals surface area contributed by atoms with E-state index in [-0.39, 0.29) is 17.2 Å². The molecule has 0 aromatic carbocycles. The molecule has 20 heavy (non-hydrogen) atoms. The Morgan fingerprint density at radius 3 is 2.85 bits per heavy atom. The summed E-state index contributed by atoms with van der Waals surface area (Å²) in [4.78, 5) is 31.3. The first-order valence-corrected chi connectivity index (χ1v) is 7.30. The first kappa shape index (κ1) is 14.8. The zero-order chi connectivity index (χ0) is 14.9. The molecule has 0 saturated heterocycles. The molecule has 0 atom stereocenters. The largest absolute Gasteiger partial charge is 0.348 e. The van der Waals surface area contributed by atoms with Gasteiger partial charge in [0.05, 0.1) is 22.4 Å². The van der Waals surface area contributed by atoms with Gasteiger partial charge in [-0.1, -0.05) is 0 Å². The SMILES string of the molecule is Cc1nc(=O)n(Cc2csc(C(=O)NN)n2)c(C)c1Br. The molecule has 1 amide bonds. The highest BCUT2D eigenvalue weighted by Crippen LogP contribution is 2.18. The minimum Gasteiger partial charge on any atom is -0.289 e. The van der Waals surface area contributed by atoms with Crippen LogP contribution in [0, 0.1) is 13.8 Å². The average Bonchev–Trinajstić information content (AvgIpc) is 2.89. The third kappa shape index (κ3) is 2.79. The van der Waals surface area contributed by atoms with Crippen LogP contribution < -0.4 is 17.0 Å². The second kappa shape index (κ2) is 5.81. The maximum atomic E-state index is 11.9. The van der Waals surface area contributed by atoms with E-state index in [4.69, 9.17) is 5.84 Å². The van der Waals surface area contributed by atoms with Crippen LogP contribution in [0.5, 0.6) is 0 Å². The lowest BCUT2D eigenvalue weighted by molar-refractivity contribution is 0.0953. The van der Waals surface area contributed by atoms with E-state index in [1.54, 1.807) is 12.3 Å². The molecule has 0 radical (unpaired) electrons. The van der Waals surface area contributed by atoms with E-state index >= 15 is 0 Å². The predicted octanol–water partition coefficient (Wildman–Crippen LogP) is 0.731. The number of hydrazine groups is 1. The molecule has 2 rings (SSSR count). The summed E-state index contributed by atoms with van der Waals surface area (Å²) in [5.41, 5.74) is 3.69. The summed E-state index contributed by atoms with van der Waals surface area (Å²) in [6, 6.07) is 0. The van der Waals surface area contributed by atoms with Crippen LogP contribution in [-0.2, 0) is 6.54 Å². The monoisotopic (exact) mass is 357 g/mol. The molecule has 0 aliphatic carbocycles. The first-order valence-electron chi connectivity index (χ1n) is 5.63. The van der Waals surface area contributed by atoms with Gasteiger partial charge in [0.1, 0.15) is 0 Å². The van der Waals surface area contributed by atoms with E-state index in [1.807, 2.05) is 12.3 Å². The summed E-state index contributed by atoms with van der Waals surface area (Å²) in [7, 11) is 0. The van der Waals surface area contributed by atoms with Crippen molar-refractivity contribution in [3.05, 3.63) is 42.4 Å². The molecule has 7 nitrogen and oxygen atoms in total. The zero-order valence-corrected chi connectivity index (χ0v) is 13.2. The van der Waals surface area contributed by atoms with Crippen LogP contribution in [0.3, 0.4) is 0 Å². The smallest absolute Gasteiger partial charge is 0.289 e. The zero-order valence-electron chi connectivity index (χ0n) is 10.8. The first-order chi connectivity index (χ1) is 9.43. The molecule has 0 aliphatic heterocycles. The van der Waals surface area contributed by atoms with Gasteiger partial charge in [0.15, 0.2) is 5.01 Å². The number of nitrogens with one attached hydrogen (secondary N) is 1. The Labute approximate surface area is 127 Å². The topological polar surface area (TPSA) is 103 Å². The number of carbonyl (C=O) groups excluding carboxylic acids is 1. The van der Waals surface area contributed by atoms with E-state index in [9.17, 15) is 9.59 Å². The van der Waals surface area contributed by atoms with E-state index < -0.39 is 5.91 Å². The number of aromatic nitrogens is 3. The molecule has 0 saturated carbocycles. The molecule has 2 heterocycles. The van der Waals surface area contributed by atoms with Gasteiger partial charge in [-0.15, -0.1) is 11.3 Å². The summed E-state index contributed by atoms with van der Waals surface area (Å²) < 4.78 is 2.28. The average molecular weight is 358 g/mol. The van der Waals surface area contributed by atoms with E-state index in [2.05, 4.69) is 25.9 Å². The Kier molecular flexibility index (Phi) is 4.31. The quantitative estimate of drug-likeness (QED) is 0.478. The number of nitrogens with two attached hydrogens (primary N) is 1. The van der Waals surface area contributed by atoms with Gasteiger partial charge < -0.3 is 0 Å². The fourth-order valence-corrected chi connectivity index (χ4v) is 2.68. The van der Waals surface area contributed by atoms with Crippen molar-refractivity contribution in [3.8, 4) is 0 Å². The van der Waals surface area contributed by atoms with Crippen molar-refractivity contribution in [2.45, 2.75) is 20.4 Å². The van der Waals surface area contributed by atoms with Crippen LogP contribution in [0.2, 0.25) is 0 Å². The number of rotatable bonds is 3. The minimum absolute atomic E-state index is 0.255. The summed E-state index contributed by atoms with van der Waals surface area (Å²) in [6.45, 7) is 3.83. The highest BCUT2D eigenvalue weighted by Gasteiger charge is 2.13. The fourth-order valence-electron chi connectivity index (χ4n) is 1.67. The van der Waals surface area contributed by atoms with E-state index in [0.717, 1.165) is 10.2 Å². The molecular weight excluding hydrogens is 346 g/mol. The number of nitrogen functional groups attached to an aromatic ring is 1. The Hall–Kier alpha value is -1.58. The maximum absolute atomic E-state index is 11.9. The molecule has 2 aromatic rings. The highest BCUT2D eigenvalue weighted by atomic mass is 79.9. The number of hydrogen-bond acceptors (Lipinski definition) is 6. The number of thiazole rings is 1. The summed E-state index contributed by atoms with van der Waals surface area (Å²) in [5.74, 6) is 4.60. The van der Waals surface area contributed by atoms with Gasteiger partial charge in [0.2, 0.25) is 0 Å². The van der Waals surface area contributed by atoms with E-state index in [0.29, 0.717) is 11.4 Å². The molecule has 0 fully saturated rings. The van der Waals surface area contributed by atoms with Crippen LogP contribution >= 0.6 is 27.3 Å². The molecule has 0 bridgehead atoms.